The Kier molecular flexibility index (Phi) is 5.15. The zero-order chi connectivity index (χ0) is 16.4. The van der Waals surface area contributed by atoms with Crippen molar-refractivity contribution in [2.24, 2.45) is 0 Å². The Bertz CT molecular complexity index is 661. The van der Waals surface area contributed by atoms with Gasteiger partial charge in [-0.15, -0.1) is 0 Å². The molecule has 6 nitrogen and oxygen atoms in total. The SMILES string of the molecule is O[C@H]1[C@H](O)[C@@H](COBr)O[C@@H](O)[C@@H]1Oc1cccc2ccccc12. The fraction of sp³-hybridized carbons (Fsp3) is 0.375. The minimum Gasteiger partial charge on any atom is -0.482 e. The summed E-state index contributed by atoms with van der Waals surface area (Å²) >= 11 is 2.76. The van der Waals surface area contributed by atoms with Crippen molar-refractivity contribution < 1.29 is 28.6 Å². The van der Waals surface area contributed by atoms with Crippen LogP contribution in [0.4, 0.5) is 0 Å². The summed E-state index contributed by atoms with van der Waals surface area (Å²) in [5, 5.41) is 32.2. The molecule has 1 saturated heterocycles. The fourth-order valence-electron chi connectivity index (χ4n) is 2.69. The molecule has 1 heterocycles. The van der Waals surface area contributed by atoms with E-state index in [2.05, 4.69) is 16.3 Å². The van der Waals surface area contributed by atoms with Gasteiger partial charge in [0.1, 0.15) is 24.1 Å². The van der Waals surface area contributed by atoms with Gasteiger partial charge in [0.25, 0.3) is 0 Å². The second-order valence-corrected chi connectivity index (χ2v) is 5.84. The third-order valence-corrected chi connectivity index (χ3v) is 4.17. The van der Waals surface area contributed by atoms with E-state index in [1.807, 2.05) is 36.4 Å². The van der Waals surface area contributed by atoms with E-state index in [4.69, 9.17) is 13.3 Å². The maximum absolute atomic E-state index is 10.3. The molecule has 5 atom stereocenters. The summed E-state index contributed by atoms with van der Waals surface area (Å²) in [6.45, 7) is -0.0176. The van der Waals surface area contributed by atoms with E-state index in [1.54, 1.807) is 6.07 Å². The van der Waals surface area contributed by atoms with Gasteiger partial charge in [0.2, 0.25) is 0 Å². The second kappa shape index (κ2) is 7.12. The molecule has 0 spiro atoms. The Hall–Kier alpha value is -1.22. The molecule has 1 aliphatic heterocycles. The lowest BCUT2D eigenvalue weighted by atomic mass is 9.99. The lowest BCUT2D eigenvalue weighted by Gasteiger charge is -2.40. The van der Waals surface area contributed by atoms with Crippen LogP contribution in [0.15, 0.2) is 42.5 Å². The number of rotatable bonds is 4. The molecular weight excluding hydrogens is 368 g/mol. The van der Waals surface area contributed by atoms with Gasteiger partial charge in [0.15, 0.2) is 12.4 Å². The van der Waals surface area contributed by atoms with Gasteiger partial charge in [0.05, 0.1) is 22.9 Å². The van der Waals surface area contributed by atoms with Crippen molar-refractivity contribution in [3.8, 4) is 5.75 Å². The van der Waals surface area contributed by atoms with E-state index in [0.29, 0.717) is 5.75 Å². The topological polar surface area (TPSA) is 88.4 Å². The fourth-order valence-corrected chi connectivity index (χ4v) is 2.95. The normalized spacial score (nSPS) is 31.2. The molecule has 2 aromatic carbocycles. The van der Waals surface area contributed by atoms with Gasteiger partial charge in [-0.2, -0.15) is 0 Å². The van der Waals surface area contributed by atoms with Crippen LogP contribution in [-0.2, 0) is 8.57 Å². The van der Waals surface area contributed by atoms with Gasteiger partial charge in [-0.1, -0.05) is 36.4 Å². The summed E-state index contributed by atoms with van der Waals surface area (Å²) in [5.41, 5.74) is 0. The standard InChI is InChI=1S/C16H17BrO6/c17-21-8-12-13(18)14(19)15(16(20)23-12)22-11-7-3-5-9-4-1-2-6-10(9)11/h1-7,12-16,18-20H,8H2/t12-,13-,14+,15-,16-/m1/s1. The molecule has 2 aromatic rings. The van der Waals surface area contributed by atoms with Gasteiger partial charge in [0, 0.05) is 5.39 Å². The number of fused-ring (bicyclic) bond motifs is 1. The Balaban J connectivity index is 1.84. The third kappa shape index (κ3) is 3.35. The van der Waals surface area contributed by atoms with Crippen LogP contribution in [-0.4, -0.2) is 52.6 Å². The molecule has 0 radical (unpaired) electrons. The molecule has 3 rings (SSSR count). The average Bonchev–Trinajstić information content (AvgIpc) is 2.56. The lowest BCUT2D eigenvalue weighted by molar-refractivity contribution is -0.278. The Labute approximate surface area is 141 Å². The smallest absolute Gasteiger partial charge is 0.195 e. The van der Waals surface area contributed by atoms with Gasteiger partial charge in [-0.3, -0.25) is 0 Å². The highest BCUT2D eigenvalue weighted by Crippen LogP contribution is 2.30. The maximum atomic E-state index is 10.3. The van der Waals surface area contributed by atoms with E-state index in [-0.39, 0.29) is 6.61 Å². The number of aliphatic hydroxyl groups is 3. The van der Waals surface area contributed by atoms with Crippen molar-refractivity contribution in [1.29, 1.82) is 0 Å². The van der Waals surface area contributed by atoms with Crippen molar-refractivity contribution in [3.63, 3.8) is 0 Å². The van der Waals surface area contributed by atoms with E-state index in [9.17, 15) is 15.3 Å². The lowest BCUT2D eigenvalue weighted by Crippen LogP contribution is -2.60. The van der Waals surface area contributed by atoms with Crippen LogP contribution < -0.4 is 4.74 Å². The first kappa shape index (κ1) is 16.6. The number of hydrogen-bond acceptors (Lipinski definition) is 6. The Morgan fingerprint density at radius 2 is 1.74 bits per heavy atom. The summed E-state index contributed by atoms with van der Waals surface area (Å²) in [5.74, 6) is 0.497. The van der Waals surface area contributed by atoms with Gasteiger partial charge >= 0.3 is 0 Å². The molecular formula is C16H17BrO6. The number of ether oxygens (including phenoxy) is 2. The van der Waals surface area contributed by atoms with Crippen molar-refractivity contribution in [2.45, 2.75) is 30.7 Å². The highest BCUT2D eigenvalue weighted by molar-refractivity contribution is 9.06. The molecule has 23 heavy (non-hydrogen) atoms. The van der Waals surface area contributed by atoms with Crippen LogP contribution in [0.25, 0.3) is 10.8 Å². The van der Waals surface area contributed by atoms with Crippen molar-refractivity contribution in [2.75, 3.05) is 6.61 Å². The largest absolute Gasteiger partial charge is 0.482 e. The maximum Gasteiger partial charge on any atom is 0.195 e. The average molecular weight is 385 g/mol. The van der Waals surface area contributed by atoms with Crippen LogP contribution in [0.1, 0.15) is 0 Å². The molecule has 1 fully saturated rings. The second-order valence-electron chi connectivity index (χ2n) is 5.38. The van der Waals surface area contributed by atoms with Crippen molar-refractivity contribution in [1.82, 2.24) is 0 Å². The molecule has 0 bridgehead atoms. The van der Waals surface area contributed by atoms with E-state index in [1.165, 1.54) is 0 Å². The highest BCUT2D eigenvalue weighted by atomic mass is 79.9. The number of aliphatic hydroxyl groups excluding tert-OH is 3. The summed E-state index contributed by atoms with van der Waals surface area (Å²) < 4.78 is 15.7. The molecule has 1 aliphatic rings. The first-order valence-corrected chi connectivity index (χ1v) is 7.84. The van der Waals surface area contributed by atoms with Crippen LogP contribution in [0.2, 0.25) is 0 Å². The van der Waals surface area contributed by atoms with E-state index < -0.39 is 30.7 Å². The van der Waals surface area contributed by atoms with Crippen LogP contribution >= 0.6 is 16.3 Å². The summed E-state index contributed by atoms with van der Waals surface area (Å²) in [7, 11) is 0. The summed E-state index contributed by atoms with van der Waals surface area (Å²) in [6, 6.07) is 13.1. The molecule has 0 aromatic heterocycles. The van der Waals surface area contributed by atoms with Crippen LogP contribution in [0, 0.1) is 0 Å². The van der Waals surface area contributed by atoms with Crippen molar-refractivity contribution >= 4 is 27.0 Å². The predicted molar refractivity (Wildman–Crippen MR) is 86.1 cm³/mol. The van der Waals surface area contributed by atoms with E-state index >= 15 is 0 Å². The molecule has 124 valence electrons. The number of hydrogen-bond donors (Lipinski definition) is 3. The Morgan fingerprint density at radius 1 is 1.00 bits per heavy atom. The van der Waals surface area contributed by atoms with Gasteiger partial charge in [-0.05, 0) is 11.5 Å². The van der Waals surface area contributed by atoms with Crippen molar-refractivity contribution in [3.05, 3.63) is 42.5 Å². The molecule has 3 N–H and O–H groups in total. The summed E-state index contributed by atoms with van der Waals surface area (Å²) in [6.07, 6.45) is -5.91. The molecule has 0 unspecified atom stereocenters. The number of halogens is 1. The minimum atomic E-state index is -1.39. The Morgan fingerprint density at radius 3 is 2.52 bits per heavy atom. The third-order valence-electron chi connectivity index (χ3n) is 3.90. The highest BCUT2D eigenvalue weighted by Gasteiger charge is 2.45. The number of benzene rings is 2. The zero-order valence-electron chi connectivity index (χ0n) is 12.1. The zero-order valence-corrected chi connectivity index (χ0v) is 13.7. The first-order chi connectivity index (χ1) is 11.1. The molecule has 0 amide bonds. The quantitative estimate of drug-likeness (QED) is 0.737. The molecule has 0 aliphatic carbocycles. The minimum absolute atomic E-state index is 0.0176. The van der Waals surface area contributed by atoms with Gasteiger partial charge in [-0.25, -0.2) is 0 Å². The van der Waals surface area contributed by atoms with Crippen LogP contribution in [0.5, 0.6) is 5.75 Å². The molecule has 7 heteroatoms. The van der Waals surface area contributed by atoms with Crippen LogP contribution in [0.3, 0.4) is 0 Å². The monoisotopic (exact) mass is 384 g/mol. The van der Waals surface area contributed by atoms with E-state index in [0.717, 1.165) is 10.8 Å². The van der Waals surface area contributed by atoms with Gasteiger partial charge < -0.3 is 28.6 Å². The summed E-state index contributed by atoms with van der Waals surface area (Å²) in [4.78, 5) is 0. The first-order valence-electron chi connectivity index (χ1n) is 7.19. The predicted octanol–water partition coefficient (Wildman–Crippen LogP) is 1.35. The molecule has 0 saturated carbocycles.